The second-order valence-corrected chi connectivity index (χ2v) is 4.70. The van der Waals surface area contributed by atoms with E-state index in [0.717, 1.165) is 11.3 Å². The highest BCUT2D eigenvalue weighted by Crippen LogP contribution is 2.34. The molecule has 2 rings (SSSR count). The average molecular weight is 259 g/mol. The summed E-state index contributed by atoms with van der Waals surface area (Å²) >= 11 is 0. The maximum absolute atomic E-state index is 14.1. The lowest BCUT2D eigenvalue weighted by molar-refractivity contribution is 0.199. The highest BCUT2D eigenvalue weighted by molar-refractivity contribution is 5.69. The summed E-state index contributed by atoms with van der Waals surface area (Å²) in [5.41, 5.74) is 3.00. The Morgan fingerprint density at radius 3 is 2.42 bits per heavy atom. The topological polar surface area (TPSA) is 23.5 Å². The molecule has 0 unspecified atom stereocenters. The molecule has 0 saturated heterocycles. The van der Waals surface area contributed by atoms with Crippen LogP contribution in [0.1, 0.15) is 24.2 Å². The van der Waals surface area contributed by atoms with Crippen LogP contribution in [-0.4, -0.2) is 12.2 Å². The van der Waals surface area contributed by atoms with Crippen molar-refractivity contribution in [3.63, 3.8) is 0 Å². The first-order valence-corrected chi connectivity index (χ1v) is 6.28. The van der Waals surface area contributed by atoms with Gasteiger partial charge in [0.2, 0.25) is 0 Å². The number of nitrogens with zero attached hydrogens (tertiary/aromatic N) is 1. The molecule has 0 spiro atoms. The fourth-order valence-corrected chi connectivity index (χ4v) is 2.28. The number of rotatable bonds is 3. The van der Waals surface area contributed by atoms with Crippen molar-refractivity contribution in [3.8, 4) is 0 Å². The quantitative estimate of drug-likeness (QED) is 0.902. The smallest absolute Gasteiger partial charge is 0.147 e. The Morgan fingerprint density at radius 1 is 1.11 bits per heavy atom. The summed E-state index contributed by atoms with van der Waals surface area (Å²) in [6, 6.07) is 12.6. The number of hydrogen-bond donors (Lipinski definition) is 1. The number of para-hydroxylation sites is 2. The van der Waals surface area contributed by atoms with Crippen molar-refractivity contribution in [1.82, 2.24) is 0 Å². The van der Waals surface area contributed by atoms with Crippen molar-refractivity contribution in [3.05, 3.63) is 59.4 Å². The van der Waals surface area contributed by atoms with E-state index >= 15 is 0 Å². The Balaban J connectivity index is 2.56. The number of anilines is 2. The Labute approximate surface area is 113 Å². The van der Waals surface area contributed by atoms with E-state index in [1.165, 1.54) is 6.07 Å². The van der Waals surface area contributed by atoms with E-state index in [-0.39, 0.29) is 5.82 Å². The summed E-state index contributed by atoms with van der Waals surface area (Å²) in [4.78, 5) is 1.78. The summed E-state index contributed by atoms with van der Waals surface area (Å²) in [5, 5.41) is 9.80. The van der Waals surface area contributed by atoms with Crippen LogP contribution in [0.4, 0.5) is 15.8 Å². The minimum atomic E-state index is -0.711. The van der Waals surface area contributed by atoms with Gasteiger partial charge in [0.15, 0.2) is 0 Å². The lowest BCUT2D eigenvalue weighted by Gasteiger charge is -2.25. The zero-order valence-corrected chi connectivity index (χ0v) is 11.4. The SMILES string of the molecule is Cc1ccccc1N(C)c1c(F)cccc1[C@H](C)O. The molecule has 0 saturated carbocycles. The van der Waals surface area contributed by atoms with Crippen LogP contribution in [0.5, 0.6) is 0 Å². The number of hydrogen-bond acceptors (Lipinski definition) is 2. The summed E-state index contributed by atoms with van der Waals surface area (Å²) in [5.74, 6) is -0.329. The van der Waals surface area contributed by atoms with Crippen molar-refractivity contribution in [1.29, 1.82) is 0 Å². The third kappa shape index (κ3) is 2.61. The molecule has 0 aliphatic rings. The van der Waals surface area contributed by atoms with Gasteiger partial charge in [0, 0.05) is 18.3 Å². The molecule has 1 N–H and O–H groups in total. The normalized spacial score (nSPS) is 12.3. The zero-order valence-electron chi connectivity index (χ0n) is 11.4. The van der Waals surface area contributed by atoms with Crippen LogP contribution in [-0.2, 0) is 0 Å². The van der Waals surface area contributed by atoms with Gasteiger partial charge in [-0.2, -0.15) is 0 Å². The second-order valence-electron chi connectivity index (χ2n) is 4.70. The van der Waals surface area contributed by atoms with Crippen LogP contribution in [0, 0.1) is 12.7 Å². The minimum absolute atomic E-state index is 0.329. The molecule has 0 fully saturated rings. The van der Waals surface area contributed by atoms with Crippen LogP contribution in [0.25, 0.3) is 0 Å². The maximum atomic E-state index is 14.1. The highest BCUT2D eigenvalue weighted by Gasteiger charge is 2.18. The van der Waals surface area contributed by atoms with E-state index < -0.39 is 6.10 Å². The van der Waals surface area contributed by atoms with Gasteiger partial charge in [-0.1, -0.05) is 30.3 Å². The molecule has 0 aliphatic heterocycles. The number of halogens is 1. The first-order valence-electron chi connectivity index (χ1n) is 6.28. The highest BCUT2D eigenvalue weighted by atomic mass is 19.1. The van der Waals surface area contributed by atoms with Gasteiger partial charge in [-0.15, -0.1) is 0 Å². The zero-order chi connectivity index (χ0) is 14.0. The van der Waals surface area contributed by atoms with Gasteiger partial charge in [0.05, 0.1) is 11.8 Å². The first-order chi connectivity index (χ1) is 9.02. The third-order valence-electron chi connectivity index (χ3n) is 3.28. The maximum Gasteiger partial charge on any atom is 0.147 e. The Bertz CT molecular complexity index is 581. The summed E-state index contributed by atoms with van der Waals surface area (Å²) < 4.78 is 14.1. The predicted molar refractivity (Wildman–Crippen MR) is 76.3 cm³/mol. The van der Waals surface area contributed by atoms with Gasteiger partial charge in [-0.25, -0.2) is 4.39 Å². The molecule has 0 amide bonds. The van der Waals surface area contributed by atoms with Gasteiger partial charge in [0.25, 0.3) is 0 Å². The second kappa shape index (κ2) is 5.41. The largest absolute Gasteiger partial charge is 0.389 e. The van der Waals surface area contributed by atoms with E-state index in [9.17, 15) is 9.50 Å². The Morgan fingerprint density at radius 2 is 1.79 bits per heavy atom. The summed E-state index contributed by atoms with van der Waals surface area (Å²) in [6.45, 7) is 3.62. The number of aliphatic hydroxyl groups is 1. The third-order valence-corrected chi connectivity index (χ3v) is 3.28. The van der Waals surface area contributed by atoms with Gasteiger partial charge < -0.3 is 10.0 Å². The lowest BCUT2D eigenvalue weighted by Crippen LogP contribution is -2.15. The van der Waals surface area contributed by atoms with Crippen LogP contribution < -0.4 is 4.90 Å². The van der Waals surface area contributed by atoms with Crippen molar-refractivity contribution in [2.45, 2.75) is 20.0 Å². The molecule has 1 atom stereocenters. The molecule has 100 valence electrons. The molecule has 2 aromatic carbocycles. The van der Waals surface area contributed by atoms with Gasteiger partial charge in [-0.3, -0.25) is 0 Å². The van der Waals surface area contributed by atoms with Gasteiger partial charge in [0.1, 0.15) is 5.82 Å². The van der Waals surface area contributed by atoms with E-state index in [0.29, 0.717) is 11.3 Å². The molecule has 2 aromatic rings. The molecule has 2 nitrogen and oxygen atoms in total. The standard InChI is InChI=1S/C16H18FNO/c1-11-7-4-5-10-15(11)18(3)16-13(12(2)19)8-6-9-14(16)17/h4-10,12,19H,1-3H3/t12-/m0/s1. The molecule has 0 bridgehead atoms. The fraction of sp³-hybridized carbons (Fsp3) is 0.250. The minimum Gasteiger partial charge on any atom is -0.389 e. The van der Waals surface area contributed by atoms with Crippen LogP contribution in [0.2, 0.25) is 0 Å². The molecular weight excluding hydrogens is 241 g/mol. The van der Waals surface area contributed by atoms with Crippen LogP contribution in [0.3, 0.4) is 0 Å². The molecule has 0 heterocycles. The fourth-order valence-electron chi connectivity index (χ4n) is 2.28. The van der Waals surface area contributed by atoms with E-state index in [2.05, 4.69) is 0 Å². The number of aliphatic hydroxyl groups excluding tert-OH is 1. The van der Waals surface area contributed by atoms with Crippen molar-refractivity contribution in [2.24, 2.45) is 0 Å². The summed E-state index contributed by atoms with van der Waals surface area (Å²) in [7, 11) is 1.81. The van der Waals surface area contributed by atoms with E-state index in [1.54, 1.807) is 24.0 Å². The van der Waals surface area contributed by atoms with Crippen molar-refractivity contribution < 1.29 is 9.50 Å². The van der Waals surface area contributed by atoms with Gasteiger partial charge in [-0.05, 0) is 31.5 Å². The molecule has 0 aliphatic carbocycles. The van der Waals surface area contributed by atoms with Gasteiger partial charge >= 0.3 is 0 Å². The predicted octanol–water partition coefficient (Wildman–Crippen LogP) is 3.96. The molecular formula is C16H18FNO. The number of benzene rings is 2. The Kier molecular flexibility index (Phi) is 3.86. The monoisotopic (exact) mass is 259 g/mol. The van der Waals surface area contributed by atoms with Crippen LogP contribution in [0.15, 0.2) is 42.5 Å². The number of aryl methyl sites for hydroxylation is 1. The lowest BCUT2D eigenvalue weighted by atomic mass is 10.1. The first kappa shape index (κ1) is 13.6. The van der Waals surface area contributed by atoms with E-state index in [1.807, 2.05) is 38.2 Å². The Hall–Kier alpha value is -1.87. The van der Waals surface area contributed by atoms with Crippen molar-refractivity contribution >= 4 is 11.4 Å². The van der Waals surface area contributed by atoms with E-state index in [4.69, 9.17) is 0 Å². The molecule has 0 radical (unpaired) electrons. The summed E-state index contributed by atoms with van der Waals surface area (Å²) in [6.07, 6.45) is -0.711. The van der Waals surface area contributed by atoms with Crippen LogP contribution >= 0.6 is 0 Å². The molecule has 0 aromatic heterocycles. The van der Waals surface area contributed by atoms with Crippen molar-refractivity contribution in [2.75, 3.05) is 11.9 Å². The molecule has 19 heavy (non-hydrogen) atoms. The molecule has 3 heteroatoms. The average Bonchev–Trinajstić information content (AvgIpc) is 2.38.